The van der Waals surface area contributed by atoms with Crippen molar-refractivity contribution in [2.45, 2.75) is 36.8 Å². The zero-order valence-electron chi connectivity index (χ0n) is 22.9. The highest BCUT2D eigenvalue weighted by molar-refractivity contribution is 6.31. The molecule has 1 aliphatic carbocycles. The fourth-order valence-corrected chi connectivity index (χ4v) is 7.78. The Bertz CT molecular complexity index is 1630. The van der Waals surface area contributed by atoms with E-state index in [-0.39, 0.29) is 34.3 Å². The van der Waals surface area contributed by atoms with Crippen molar-refractivity contribution in [3.8, 4) is 0 Å². The average Bonchev–Trinajstić information content (AvgIpc) is 3.70. The minimum Gasteiger partial charge on any atom is -0.355 e. The summed E-state index contributed by atoms with van der Waals surface area (Å²) >= 11 is 12.7. The molecule has 2 N–H and O–H groups in total. The number of halogens is 3. The van der Waals surface area contributed by atoms with E-state index in [1.54, 1.807) is 60.5 Å². The second kappa shape index (κ2) is 10.1. The topological polar surface area (TPSA) is 81.8 Å². The number of rotatable bonds is 5. The molecular weight excluding hydrogens is 578 g/mol. The van der Waals surface area contributed by atoms with Crippen LogP contribution in [0.1, 0.15) is 46.7 Å². The van der Waals surface area contributed by atoms with E-state index >= 15 is 4.39 Å². The maximum absolute atomic E-state index is 16.1. The third-order valence-electron chi connectivity index (χ3n) is 9.40. The molecule has 1 saturated carbocycles. The van der Waals surface area contributed by atoms with Gasteiger partial charge in [-0.2, -0.15) is 0 Å². The average molecular weight is 608 g/mol. The number of nitrogens with zero attached hydrogens (tertiary/aromatic N) is 2. The minimum absolute atomic E-state index is 0.0560. The van der Waals surface area contributed by atoms with Crippen LogP contribution in [0, 0.1) is 17.7 Å². The van der Waals surface area contributed by atoms with Gasteiger partial charge in [-0.3, -0.25) is 19.3 Å². The summed E-state index contributed by atoms with van der Waals surface area (Å²) in [6.07, 6.45) is 2.69. The molecule has 4 aliphatic rings. The molecule has 42 heavy (non-hydrogen) atoms. The number of hydrogen-bond donors (Lipinski definition) is 2. The molecule has 3 aromatic rings. The van der Waals surface area contributed by atoms with Crippen LogP contribution < -0.4 is 15.5 Å². The maximum atomic E-state index is 16.1. The van der Waals surface area contributed by atoms with Gasteiger partial charge in [0.15, 0.2) is 0 Å². The quantitative estimate of drug-likeness (QED) is 0.398. The minimum atomic E-state index is -1.32. The first-order valence-corrected chi connectivity index (χ1v) is 15.0. The lowest BCUT2D eigenvalue weighted by Crippen LogP contribution is -2.54. The van der Waals surface area contributed by atoms with E-state index < -0.39 is 23.2 Å². The Balaban J connectivity index is 1.41. The molecule has 0 bridgehead atoms. The number of anilines is 2. The SMILES string of the molecule is CNC(=O)c1ccc(N2CC[C@H]3[C@@H](C2=O)[C@H](c2cccc(Cl)c2F)[C@]2(C(=O)Nc4cc(Cl)ccc42)N3CC2CC2)cc1. The van der Waals surface area contributed by atoms with Gasteiger partial charge in [0.05, 0.1) is 10.9 Å². The molecular formula is C32H29Cl2FN4O3. The van der Waals surface area contributed by atoms with Crippen molar-refractivity contribution in [1.29, 1.82) is 0 Å². The van der Waals surface area contributed by atoms with E-state index in [0.717, 1.165) is 12.8 Å². The molecule has 3 amide bonds. The van der Waals surface area contributed by atoms with Crippen LogP contribution in [0.5, 0.6) is 0 Å². The van der Waals surface area contributed by atoms with E-state index in [4.69, 9.17) is 23.2 Å². The second-order valence-electron chi connectivity index (χ2n) is 11.6. The normalized spacial score (nSPS) is 26.8. The largest absolute Gasteiger partial charge is 0.355 e. The van der Waals surface area contributed by atoms with Gasteiger partial charge in [0.25, 0.3) is 5.91 Å². The molecule has 3 aromatic carbocycles. The van der Waals surface area contributed by atoms with E-state index in [2.05, 4.69) is 15.5 Å². The summed E-state index contributed by atoms with van der Waals surface area (Å²) in [7, 11) is 1.56. The summed E-state index contributed by atoms with van der Waals surface area (Å²) in [5.41, 5.74) is 1.33. The van der Waals surface area contributed by atoms with Crippen LogP contribution >= 0.6 is 23.2 Å². The summed E-state index contributed by atoms with van der Waals surface area (Å²) in [5.74, 6) is -2.47. The van der Waals surface area contributed by atoms with Gasteiger partial charge in [0, 0.05) is 59.6 Å². The monoisotopic (exact) mass is 606 g/mol. The fraction of sp³-hybridized carbons (Fsp3) is 0.344. The van der Waals surface area contributed by atoms with Crippen molar-refractivity contribution >= 4 is 52.3 Å². The first-order chi connectivity index (χ1) is 20.2. The van der Waals surface area contributed by atoms with Gasteiger partial charge in [-0.05, 0) is 73.2 Å². The Morgan fingerprint density at radius 2 is 1.83 bits per heavy atom. The molecule has 4 atom stereocenters. The highest BCUT2D eigenvalue weighted by Gasteiger charge is 2.70. The summed E-state index contributed by atoms with van der Waals surface area (Å²) in [6, 6.07) is 16.7. The van der Waals surface area contributed by atoms with Crippen molar-refractivity contribution in [1.82, 2.24) is 10.2 Å². The van der Waals surface area contributed by atoms with Crippen molar-refractivity contribution in [2.24, 2.45) is 11.8 Å². The number of nitrogens with one attached hydrogen (secondary N) is 2. The van der Waals surface area contributed by atoms with Crippen molar-refractivity contribution in [2.75, 3.05) is 30.4 Å². The van der Waals surface area contributed by atoms with Gasteiger partial charge in [-0.25, -0.2) is 4.39 Å². The molecule has 0 radical (unpaired) electrons. The number of likely N-dealkylation sites (tertiary alicyclic amines) is 1. The first kappa shape index (κ1) is 27.4. The van der Waals surface area contributed by atoms with Crippen LogP contribution in [-0.4, -0.2) is 48.8 Å². The lowest BCUT2D eigenvalue weighted by atomic mass is 9.70. The number of fused-ring (bicyclic) bond motifs is 3. The van der Waals surface area contributed by atoms with Gasteiger partial charge >= 0.3 is 0 Å². The smallest absolute Gasteiger partial charge is 0.251 e. The Morgan fingerprint density at radius 3 is 2.55 bits per heavy atom. The fourth-order valence-electron chi connectivity index (χ4n) is 7.43. The highest BCUT2D eigenvalue weighted by Crippen LogP contribution is 2.62. The van der Waals surface area contributed by atoms with Crippen LogP contribution in [0.4, 0.5) is 15.8 Å². The Morgan fingerprint density at radius 1 is 1.07 bits per heavy atom. The number of piperidine rings is 1. The van der Waals surface area contributed by atoms with Crippen molar-refractivity contribution in [3.05, 3.63) is 93.2 Å². The summed E-state index contributed by atoms with van der Waals surface area (Å²) in [4.78, 5) is 45.0. The van der Waals surface area contributed by atoms with E-state index in [1.165, 1.54) is 6.07 Å². The Hall–Kier alpha value is -3.46. The van der Waals surface area contributed by atoms with Gasteiger partial charge in [-0.15, -0.1) is 0 Å². The van der Waals surface area contributed by atoms with E-state index in [9.17, 15) is 14.4 Å². The number of benzene rings is 3. The molecule has 3 heterocycles. The highest BCUT2D eigenvalue weighted by atomic mass is 35.5. The molecule has 7 nitrogen and oxygen atoms in total. The van der Waals surface area contributed by atoms with Crippen LogP contribution in [0.15, 0.2) is 60.7 Å². The van der Waals surface area contributed by atoms with Gasteiger partial charge in [-0.1, -0.05) is 41.4 Å². The van der Waals surface area contributed by atoms with Gasteiger partial charge in [0.1, 0.15) is 11.4 Å². The van der Waals surface area contributed by atoms with Crippen LogP contribution in [0.3, 0.4) is 0 Å². The van der Waals surface area contributed by atoms with Crippen LogP contribution in [0.25, 0.3) is 0 Å². The molecule has 7 rings (SSSR count). The van der Waals surface area contributed by atoms with Crippen LogP contribution in [-0.2, 0) is 15.1 Å². The summed E-state index contributed by atoms with van der Waals surface area (Å²) in [5, 5.41) is 6.06. The molecule has 1 spiro atoms. The summed E-state index contributed by atoms with van der Waals surface area (Å²) in [6.45, 7) is 1.06. The number of carbonyl (C=O) groups is 3. The van der Waals surface area contributed by atoms with Gasteiger partial charge < -0.3 is 15.5 Å². The molecule has 10 heteroatoms. The molecule has 2 saturated heterocycles. The zero-order valence-corrected chi connectivity index (χ0v) is 24.4. The predicted molar refractivity (Wildman–Crippen MR) is 159 cm³/mol. The molecule has 3 aliphatic heterocycles. The third-order valence-corrected chi connectivity index (χ3v) is 9.93. The number of hydrogen-bond acceptors (Lipinski definition) is 4. The van der Waals surface area contributed by atoms with Gasteiger partial charge in [0.2, 0.25) is 11.8 Å². The van der Waals surface area contributed by atoms with Crippen LogP contribution in [0.2, 0.25) is 10.0 Å². The number of carbonyl (C=O) groups excluding carboxylic acids is 3. The van der Waals surface area contributed by atoms with Crippen molar-refractivity contribution < 1.29 is 18.8 Å². The standard InChI is InChI=1S/C32H29Cl2FN4O3/c1-36-29(40)18-7-10-20(11-8-18)38-14-13-25-26(30(38)41)27(21-3-2-4-23(34)28(21)35)32(39(25)16-17-5-6-17)22-12-9-19(33)15-24(22)37-31(32)42/h2-4,7-12,15,17,25-27H,5-6,13-14,16H2,1H3,(H,36,40)(H,37,42)/t25-,26+,27-,32+/m0/s1. The van der Waals surface area contributed by atoms with E-state index in [0.29, 0.717) is 53.0 Å². The molecule has 216 valence electrons. The molecule has 0 aromatic heterocycles. The summed E-state index contributed by atoms with van der Waals surface area (Å²) < 4.78 is 16.1. The van der Waals surface area contributed by atoms with E-state index in [1.807, 2.05) is 6.07 Å². The predicted octanol–water partition coefficient (Wildman–Crippen LogP) is 5.57. The maximum Gasteiger partial charge on any atom is 0.251 e. The third kappa shape index (κ3) is 3.99. The first-order valence-electron chi connectivity index (χ1n) is 14.2. The van der Waals surface area contributed by atoms with Crippen molar-refractivity contribution in [3.63, 3.8) is 0 Å². The second-order valence-corrected chi connectivity index (χ2v) is 12.5. The number of amides is 3. The molecule has 0 unspecified atom stereocenters. The Kier molecular flexibility index (Phi) is 6.57. The zero-order chi connectivity index (χ0) is 29.3. The lowest BCUT2D eigenvalue weighted by Gasteiger charge is -2.40. The lowest BCUT2D eigenvalue weighted by molar-refractivity contribution is -0.128. The molecule has 3 fully saturated rings. The Labute approximate surface area is 253 Å².